The van der Waals surface area contributed by atoms with E-state index in [-0.39, 0.29) is 13.2 Å². The van der Waals surface area contributed by atoms with Crippen LogP contribution >= 0.6 is 0 Å². The number of esters is 1. The molecule has 1 aromatic carbocycles. The number of benzene rings is 1. The number of aromatic nitrogens is 3. The molecule has 0 aliphatic carbocycles. The number of hydrogen-bond acceptors (Lipinski definition) is 6. The molecule has 8 heteroatoms. The normalized spacial score (nSPS) is 10.8. The molecule has 0 saturated carbocycles. The van der Waals surface area contributed by atoms with Crippen LogP contribution in [0.3, 0.4) is 0 Å². The summed E-state index contributed by atoms with van der Waals surface area (Å²) in [7, 11) is 0. The molecule has 0 fully saturated rings. The van der Waals surface area contributed by atoms with Gasteiger partial charge in [0.2, 0.25) is 0 Å². The molecule has 2 heterocycles. The topological polar surface area (TPSA) is 109 Å². The number of pyridine rings is 1. The lowest BCUT2D eigenvalue weighted by Gasteiger charge is -2.13. The highest BCUT2D eigenvalue weighted by Crippen LogP contribution is 2.11. The summed E-state index contributed by atoms with van der Waals surface area (Å²) >= 11 is 0. The number of nitrogens with zero attached hydrogens (tertiary/aromatic N) is 3. The van der Waals surface area contributed by atoms with Crippen LogP contribution in [0.4, 0.5) is 5.69 Å². The Morgan fingerprint density at radius 2 is 1.88 bits per heavy atom. The maximum atomic E-state index is 12.9. The number of nitrogens with two attached hydrogens (primary N) is 1. The largest absolute Gasteiger partial charge is 0.465 e. The Morgan fingerprint density at radius 3 is 2.58 bits per heavy atom. The second-order valence-corrected chi connectivity index (χ2v) is 5.70. The predicted octanol–water partition coefficient (Wildman–Crippen LogP) is 0.752. The van der Waals surface area contributed by atoms with Crippen molar-refractivity contribution in [1.82, 2.24) is 14.1 Å². The summed E-state index contributed by atoms with van der Waals surface area (Å²) in [6.07, 6.45) is 2.93. The highest BCUT2D eigenvalue weighted by molar-refractivity contribution is 5.77. The lowest BCUT2D eigenvalue weighted by molar-refractivity contribution is -0.143. The molecule has 0 aliphatic heterocycles. The van der Waals surface area contributed by atoms with E-state index < -0.39 is 23.8 Å². The summed E-state index contributed by atoms with van der Waals surface area (Å²) in [4.78, 5) is 41.3. The van der Waals surface area contributed by atoms with Crippen molar-refractivity contribution in [2.45, 2.75) is 20.0 Å². The molecule has 8 nitrogen and oxygen atoms in total. The van der Waals surface area contributed by atoms with Crippen molar-refractivity contribution in [1.29, 1.82) is 0 Å². The number of carbonyl (C=O) groups excluding carboxylic acids is 1. The molecule has 3 aromatic rings. The van der Waals surface area contributed by atoms with E-state index in [9.17, 15) is 14.4 Å². The predicted molar refractivity (Wildman–Crippen MR) is 96.9 cm³/mol. The number of carbonyl (C=O) groups is 1. The Balaban J connectivity index is 2.17. The van der Waals surface area contributed by atoms with Gasteiger partial charge in [-0.05, 0) is 30.7 Å². The zero-order valence-corrected chi connectivity index (χ0v) is 14.2. The molecule has 2 aromatic heterocycles. The van der Waals surface area contributed by atoms with Gasteiger partial charge in [0, 0.05) is 11.9 Å². The van der Waals surface area contributed by atoms with E-state index in [4.69, 9.17) is 10.5 Å². The second-order valence-electron chi connectivity index (χ2n) is 5.70. The number of anilines is 1. The van der Waals surface area contributed by atoms with Gasteiger partial charge in [0.1, 0.15) is 6.54 Å². The van der Waals surface area contributed by atoms with Crippen molar-refractivity contribution in [3.05, 3.63) is 69.1 Å². The molecule has 0 spiro atoms. The van der Waals surface area contributed by atoms with E-state index in [1.807, 2.05) is 0 Å². The zero-order chi connectivity index (χ0) is 18.7. The summed E-state index contributed by atoms with van der Waals surface area (Å²) in [6, 6.07) is 8.58. The molecule has 0 unspecified atom stereocenters. The minimum absolute atomic E-state index is 0.171. The molecule has 26 heavy (non-hydrogen) atoms. The zero-order valence-electron chi connectivity index (χ0n) is 14.2. The standard InChI is InChI=1S/C18H18N4O4/c1-2-26-16(23)11-22-17(24)14-7-8-20-9-15(14)21(18(22)25)10-12-3-5-13(19)6-4-12/h3-9H,2,10-11,19H2,1H3. The summed E-state index contributed by atoms with van der Waals surface area (Å²) < 4.78 is 7.16. The molecule has 134 valence electrons. The van der Waals surface area contributed by atoms with Gasteiger partial charge in [-0.2, -0.15) is 0 Å². The van der Waals surface area contributed by atoms with Gasteiger partial charge in [-0.25, -0.2) is 9.36 Å². The average Bonchev–Trinajstić information content (AvgIpc) is 2.64. The smallest absolute Gasteiger partial charge is 0.332 e. The summed E-state index contributed by atoms with van der Waals surface area (Å²) in [5, 5.41) is 0.305. The van der Waals surface area contributed by atoms with Crippen LogP contribution in [0.1, 0.15) is 12.5 Å². The first-order chi connectivity index (χ1) is 12.5. The third kappa shape index (κ3) is 3.34. The van der Waals surface area contributed by atoms with Crippen LogP contribution in [0.5, 0.6) is 0 Å². The van der Waals surface area contributed by atoms with Crippen LogP contribution in [0, 0.1) is 0 Å². The molecule has 0 bridgehead atoms. The SMILES string of the molecule is CCOC(=O)Cn1c(=O)c2ccncc2n(Cc2ccc(N)cc2)c1=O. The van der Waals surface area contributed by atoms with Crippen LogP contribution in [-0.4, -0.2) is 26.7 Å². The fraction of sp³-hybridized carbons (Fsp3) is 0.222. The number of ether oxygens (including phenoxy) is 1. The van der Waals surface area contributed by atoms with Gasteiger partial charge in [-0.15, -0.1) is 0 Å². The molecule has 0 aliphatic rings. The second kappa shape index (κ2) is 7.22. The molecule has 0 atom stereocenters. The van der Waals surface area contributed by atoms with Gasteiger partial charge >= 0.3 is 11.7 Å². The van der Waals surface area contributed by atoms with Crippen molar-refractivity contribution in [3.63, 3.8) is 0 Å². The van der Waals surface area contributed by atoms with Crippen molar-refractivity contribution in [3.8, 4) is 0 Å². The van der Waals surface area contributed by atoms with Crippen LogP contribution in [-0.2, 0) is 22.6 Å². The van der Waals surface area contributed by atoms with Gasteiger partial charge in [0.05, 0.1) is 30.3 Å². The van der Waals surface area contributed by atoms with Gasteiger partial charge in [-0.1, -0.05) is 12.1 Å². The Hall–Kier alpha value is -3.42. The van der Waals surface area contributed by atoms with Crippen molar-refractivity contribution in [2.24, 2.45) is 0 Å². The maximum absolute atomic E-state index is 12.9. The number of nitrogen functional groups attached to an aromatic ring is 1. The lowest BCUT2D eigenvalue weighted by Crippen LogP contribution is -2.42. The van der Waals surface area contributed by atoms with Gasteiger partial charge in [0.25, 0.3) is 5.56 Å². The molecule has 2 N–H and O–H groups in total. The molecular formula is C18H18N4O4. The minimum atomic E-state index is -0.640. The van der Waals surface area contributed by atoms with Crippen molar-refractivity contribution < 1.29 is 9.53 Å². The van der Waals surface area contributed by atoms with Gasteiger partial charge in [0.15, 0.2) is 0 Å². The average molecular weight is 354 g/mol. The first-order valence-electron chi connectivity index (χ1n) is 8.08. The molecular weight excluding hydrogens is 336 g/mol. The van der Waals surface area contributed by atoms with Crippen LogP contribution < -0.4 is 17.0 Å². The first-order valence-corrected chi connectivity index (χ1v) is 8.08. The van der Waals surface area contributed by atoms with E-state index in [1.165, 1.54) is 23.0 Å². The van der Waals surface area contributed by atoms with E-state index >= 15 is 0 Å². The quantitative estimate of drug-likeness (QED) is 0.535. The summed E-state index contributed by atoms with van der Waals surface area (Å²) in [5.74, 6) is -0.640. The Bertz CT molecular complexity index is 1070. The third-order valence-corrected chi connectivity index (χ3v) is 3.94. The first kappa shape index (κ1) is 17.4. The Kier molecular flexibility index (Phi) is 4.83. The highest BCUT2D eigenvalue weighted by atomic mass is 16.5. The maximum Gasteiger partial charge on any atom is 0.332 e. The molecule has 3 rings (SSSR count). The lowest BCUT2D eigenvalue weighted by atomic mass is 10.2. The van der Waals surface area contributed by atoms with E-state index in [0.29, 0.717) is 16.6 Å². The van der Waals surface area contributed by atoms with Crippen LogP contribution in [0.2, 0.25) is 0 Å². The summed E-state index contributed by atoms with van der Waals surface area (Å²) in [5.41, 5.74) is 6.39. The van der Waals surface area contributed by atoms with E-state index in [2.05, 4.69) is 4.98 Å². The van der Waals surface area contributed by atoms with Crippen LogP contribution in [0.25, 0.3) is 10.9 Å². The Labute approximate surface area is 148 Å². The van der Waals surface area contributed by atoms with E-state index in [1.54, 1.807) is 31.2 Å². The minimum Gasteiger partial charge on any atom is -0.465 e. The van der Waals surface area contributed by atoms with Crippen molar-refractivity contribution in [2.75, 3.05) is 12.3 Å². The molecule has 0 saturated heterocycles. The number of fused-ring (bicyclic) bond motifs is 1. The van der Waals surface area contributed by atoms with Gasteiger partial charge < -0.3 is 10.5 Å². The summed E-state index contributed by atoms with van der Waals surface area (Å²) in [6.45, 7) is 1.60. The number of rotatable bonds is 5. The third-order valence-electron chi connectivity index (χ3n) is 3.94. The highest BCUT2D eigenvalue weighted by Gasteiger charge is 2.16. The fourth-order valence-corrected chi connectivity index (χ4v) is 2.70. The van der Waals surface area contributed by atoms with Gasteiger partial charge in [-0.3, -0.25) is 19.1 Å². The molecule has 0 radical (unpaired) electrons. The van der Waals surface area contributed by atoms with Crippen molar-refractivity contribution >= 4 is 22.6 Å². The van der Waals surface area contributed by atoms with E-state index in [0.717, 1.165) is 10.1 Å². The Morgan fingerprint density at radius 1 is 1.15 bits per heavy atom. The molecule has 0 amide bonds. The number of hydrogen-bond donors (Lipinski definition) is 1. The monoisotopic (exact) mass is 354 g/mol. The fourth-order valence-electron chi connectivity index (χ4n) is 2.70. The van der Waals surface area contributed by atoms with Crippen LogP contribution in [0.15, 0.2) is 52.3 Å².